The predicted molar refractivity (Wildman–Crippen MR) is 108 cm³/mol. The monoisotopic (exact) mass is 390 g/mol. The van der Waals surface area contributed by atoms with E-state index in [4.69, 9.17) is 4.42 Å². The van der Waals surface area contributed by atoms with Gasteiger partial charge >= 0.3 is 5.76 Å². The molecule has 1 aliphatic heterocycles. The molecule has 9 heteroatoms. The molecular formula is C20H18N6O3. The molecule has 0 atom stereocenters. The lowest BCUT2D eigenvalue weighted by molar-refractivity contribution is -0.0969. The second kappa shape index (κ2) is 6.73. The van der Waals surface area contributed by atoms with Gasteiger partial charge in [-0.15, -0.1) is 0 Å². The van der Waals surface area contributed by atoms with Crippen molar-refractivity contribution < 1.29 is 9.62 Å². The van der Waals surface area contributed by atoms with Crippen molar-refractivity contribution >= 4 is 34.2 Å². The summed E-state index contributed by atoms with van der Waals surface area (Å²) < 4.78 is 5.03. The number of nitrogens with one attached hydrogen (secondary N) is 3. The van der Waals surface area contributed by atoms with Gasteiger partial charge in [-0.3, -0.25) is 4.98 Å². The van der Waals surface area contributed by atoms with E-state index >= 15 is 0 Å². The Bertz CT molecular complexity index is 1280. The number of hydrogen-bond acceptors (Lipinski definition) is 8. The van der Waals surface area contributed by atoms with Gasteiger partial charge in [-0.1, -0.05) is 6.07 Å². The summed E-state index contributed by atoms with van der Waals surface area (Å²) in [7, 11) is 0. The van der Waals surface area contributed by atoms with Crippen LogP contribution in [-0.2, 0) is 13.1 Å². The van der Waals surface area contributed by atoms with Gasteiger partial charge in [-0.05, 0) is 48.4 Å². The number of aromatic nitrogens is 3. The molecule has 4 aromatic rings. The summed E-state index contributed by atoms with van der Waals surface area (Å²) in [4.78, 5) is 22.9. The number of H-pyrrole nitrogens is 1. The van der Waals surface area contributed by atoms with Gasteiger partial charge in [0, 0.05) is 36.2 Å². The maximum absolute atomic E-state index is 11.3. The summed E-state index contributed by atoms with van der Waals surface area (Å²) in [5.74, 6) is 0.616. The fourth-order valence-electron chi connectivity index (χ4n) is 3.38. The maximum Gasteiger partial charge on any atom is 0.417 e. The van der Waals surface area contributed by atoms with Crippen molar-refractivity contribution in [2.45, 2.75) is 20.0 Å². The quantitative estimate of drug-likeness (QED) is 0.419. The zero-order valence-corrected chi connectivity index (χ0v) is 15.6. The Balaban J connectivity index is 1.39. The largest absolute Gasteiger partial charge is 0.417 e. The van der Waals surface area contributed by atoms with Crippen LogP contribution in [0.2, 0.25) is 0 Å². The Morgan fingerprint density at radius 2 is 1.90 bits per heavy atom. The molecular weight excluding hydrogens is 372 g/mol. The molecule has 0 aliphatic carbocycles. The molecule has 0 saturated carbocycles. The summed E-state index contributed by atoms with van der Waals surface area (Å²) >= 11 is 0. The molecule has 2 aromatic heterocycles. The molecule has 1 aliphatic rings. The van der Waals surface area contributed by atoms with E-state index in [1.165, 1.54) is 5.06 Å². The second-order valence-corrected chi connectivity index (χ2v) is 7.01. The minimum absolute atomic E-state index is 0.453. The third kappa shape index (κ3) is 3.44. The van der Waals surface area contributed by atoms with Gasteiger partial charge in [0.2, 0.25) is 5.95 Å². The first-order valence-corrected chi connectivity index (χ1v) is 9.10. The smallest absolute Gasteiger partial charge is 0.408 e. The highest BCUT2D eigenvalue weighted by atomic mass is 16.5. The maximum atomic E-state index is 11.3. The van der Waals surface area contributed by atoms with Crippen molar-refractivity contribution in [1.29, 1.82) is 0 Å². The SMILES string of the molecule is Cc1cnc(Nc2ccc3c(c2)CN(O)C3)nc1Nc1ccc2oc(=O)[nH]c2c1. The van der Waals surface area contributed by atoms with Gasteiger partial charge in [-0.2, -0.15) is 10.0 Å². The highest BCUT2D eigenvalue weighted by Crippen LogP contribution is 2.27. The summed E-state index contributed by atoms with van der Waals surface area (Å²) in [6, 6.07) is 11.2. The van der Waals surface area contributed by atoms with E-state index in [-0.39, 0.29) is 0 Å². The molecule has 5 rings (SSSR count). The summed E-state index contributed by atoms with van der Waals surface area (Å²) in [6.45, 7) is 2.96. The van der Waals surface area contributed by atoms with Crippen LogP contribution in [0, 0.1) is 6.92 Å². The normalized spacial score (nSPS) is 13.6. The highest BCUT2D eigenvalue weighted by Gasteiger charge is 2.17. The van der Waals surface area contributed by atoms with Crippen LogP contribution in [0.5, 0.6) is 0 Å². The van der Waals surface area contributed by atoms with Crippen molar-refractivity contribution in [2.24, 2.45) is 0 Å². The van der Waals surface area contributed by atoms with Crippen LogP contribution in [0.4, 0.5) is 23.1 Å². The number of oxazole rings is 1. The number of aryl methyl sites for hydroxylation is 1. The molecule has 146 valence electrons. The van der Waals surface area contributed by atoms with Crippen molar-refractivity contribution in [3.63, 3.8) is 0 Å². The Morgan fingerprint density at radius 1 is 1.10 bits per heavy atom. The lowest BCUT2D eigenvalue weighted by atomic mass is 10.1. The van der Waals surface area contributed by atoms with Gasteiger partial charge in [0.05, 0.1) is 5.52 Å². The topological polar surface area (TPSA) is 119 Å². The standard InChI is InChI=1S/C20H18N6O3/c1-11-8-21-19(23-14-3-2-12-9-26(28)10-13(12)6-14)25-18(11)22-15-4-5-17-16(7-15)24-20(27)29-17/h2-8,28H,9-10H2,1H3,(H,24,27)(H2,21,22,23,25). The number of nitrogens with zero attached hydrogens (tertiary/aromatic N) is 3. The molecule has 4 N–H and O–H groups in total. The van der Waals surface area contributed by atoms with E-state index in [2.05, 4.69) is 25.6 Å². The van der Waals surface area contributed by atoms with E-state index < -0.39 is 5.76 Å². The minimum Gasteiger partial charge on any atom is -0.408 e. The van der Waals surface area contributed by atoms with Gasteiger partial charge in [0.25, 0.3) is 0 Å². The number of rotatable bonds is 4. The highest BCUT2D eigenvalue weighted by molar-refractivity contribution is 5.78. The molecule has 0 unspecified atom stereocenters. The molecule has 3 heterocycles. The number of fused-ring (bicyclic) bond motifs is 2. The summed E-state index contributed by atoms with van der Waals surface area (Å²) in [6.07, 6.45) is 1.73. The third-order valence-corrected chi connectivity index (χ3v) is 4.82. The zero-order chi connectivity index (χ0) is 20.0. The van der Waals surface area contributed by atoms with Gasteiger partial charge < -0.3 is 20.3 Å². The van der Waals surface area contributed by atoms with E-state index in [0.29, 0.717) is 36.0 Å². The van der Waals surface area contributed by atoms with Crippen LogP contribution in [0.15, 0.2) is 51.8 Å². The van der Waals surface area contributed by atoms with Crippen molar-refractivity contribution in [3.05, 3.63) is 69.8 Å². The summed E-state index contributed by atoms with van der Waals surface area (Å²) in [5, 5.41) is 17.4. The number of aromatic amines is 1. The zero-order valence-electron chi connectivity index (χ0n) is 15.6. The molecule has 0 fully saturated rings. The van der Waals surface area contributed by atoms with E-state index in [9.17, 15) is 10.0 Å². The lowest BCUT2D eigenvalue weighted by Crippen LogP contribution is -2.08. The first-order chi connectivity index (χ1) is 14.0. The van der Waals surface area contributed by atoms with Crippen LogP contribution in [-0.4, -0.2) is 25.2 Å². The predicted octanol–water partition coefficient (Wildman–Crippen LogP) is 3.41. The van der Waals surface area contributed by atoms with Crippen molar-refractivity contribution in [3.8, 4) is 0 Å². The average molecular weight is 390 g/mol. The first-order valence-electron chi connectivity index (χ1n) is 9.10. The van der Waals surface area contributed by atoms with Gasteiger partial charge in [0.1, 0.15) is 5.82 Å². The molecule has 0 radical (unpaired) electrons. The Morgan fingerprint density at radius 3 is 2.79 bits per heavy atom. The molecule has 29 heavy (non-hydrogen) atoms. The summed E-state index contributed by atoms with van der Waals surface area (Å²) in [5.41, 5.74) is 5.79. The Labute approximate surface area is 165 Å². The average Bonchev–Trinajstić information content (AvgIpc) is 3.24. The van der Waals surface area contributed by atoms with Crippen LogP contribution < -0.4 is 16.4 Å². The van der Waals surface area contributed by atoms with Crippen LogP contribution >= 0.6 is 0 Å². The molecule has 9 nitrogen and oxygen atoms in total. The second-order valence-electron chi connectivity index (χ2n) is 7.01. The number of anilines is 4. The number of benzene rings is 2. The van der Waals surface area contributed by atoms with Gasteiger partial charge in [0.15, 0.2) is 5.58 Å². The van der Waals surface area contributed by atoms with Gasteiger partial charge in [-0.25, -0.2) is 9.78 Å². The molecule has 0 spiro atoms. The van der Waals surface area contributed by atoms with E-state index in [1.54, 1.807) is 18.3 Å². The minimum atomic E-state index is -0.486. The van der Waals surface area contributed by atoms with Crippen LogP contribution in [0.1, 0.15) is 16.7 Å². The van der Waals surface area contributed by atoms with E-state index in [0.717, 1.165) is 28.1 Å². The Hall–Kier alpha value is -3.69. The molecule has 2 aromatic carbocycles. The molecule has 0 amide bonds. The van der Waals surface area contributed by atoms with E-state index in [1.807, 2.05) is 31.2 Å². The number of hydrogen-bond donors (Lipinski definition) is 4. The number of hydroxylamine groups is 2. The first kappa shape index (κ1) is 17.4. The van der Waals surface area contributed by atoms with Crippen molar-refractivity contribution in [2.75, 3.05) is 10.6 Å². The lowest BCUT2D eigenvalue weighted by Gasteiger charge is -2.11. The Kier molecular flexibility index (Phi) is 4.04. The fourth-order valence-corrected chi connectivity index (χ4v) is 3.38. The molecule has 0 saturated heterocycles. The molecule has 0 bridgehead atoms. The van der Waals surface area contributed by atoms with Crippen molar-refractivity contribution in [1.82, 2.24) is 20.0 Å². The fraction of sp³-hybridized carbons (Fsp3) is 0.150. The van der Waals surface area contributed by atoms with Crippen LogP contribution in [0.25, 0.3) is 11.1 Å². The third-order valence-electron chi connectivity index (χ3n) is 4.82. The van der Waals surface area contributed by atoms with Crippen LogP contribution in [0.3, 0.4) is 0 Å².